The second-order valence-electron chi connectivity index (χ2n) is 11.9. The third-order valence-corrected chi connectivity index (χ3v) is 8.05. The number of nitrogens with one attached hydrogen (secondary N) is 2. The number of unbranched alkanes of at least 4 members (excludes halogenated alkanes) is 5. The topological polar surface area (TPSA) is 135 Å². The second kappa shape index (κ2) is 16.0. The molecule has 1 aliphatic carbocycles. The third-order valence-electron chi connectivity index (χ3n) is 8.05. The van der Waals surface area contributed by atoms with Gasteiger partial charge in [0.25, 0.3) is 5.91 Å². The first-order chi connectivity index (χ1) is 22.1. The molecule has 244 valence electrons. The Bertz CT molecular complexity index is 1740. The quantitative estimate of drug-likeness (QED) is 0.0860. The van der Waals surface area contributed by atoms with Crippen LogP contribution in [0.2, 0.25) is 0 Å². The van der Waals surface area contributed by atoms with E-state index in [9.17, 15) is 19.5 Å². The molecular formula is C36H45N4O6+. The Labute approximate surface area is 269 Å². The molecule has 2 aliphatic rings. The van der Waals surface area contributed by atoms with Crippen LogP contribution in [0.5, 0.6) is 0 Å². The molecule has 0 atom stereocenters. The van der Waals surface area contributed by atoms with E-state index in [1.54, 1.807) is 12.1 Å². The number of rotatable bonds is 15. The van der Waals surface area contributed by atoms with Gasteiger partial charge in [0.15, 0.2) is 0 Å². The number of fused-ring (bicyclic) bond motifs is 2. The van der Waals surface area contributed by atoms with Gasteiger partial charge in [-0.1, -0.05) is 31.7 Å². The fourth-order valence-corrected chi connectivity index (χ4v) is 5.47. The number of benzene rings is 3. The summed E-state index contributed by atoms with van der Waals surface area (Å²) in [5, 5.41) is 26.4. The smallest absolute Gasteiger partial charge is 0.336 e. The summed E-state index contributed by atoms with van der Waals surface area (Å²) in [5.41, 5.74) is 3.72. The minimum absolute atomic E-state index is 0.000476. The van der Waals surface area contributed by atoms with Crippen LogP contribution in [0.4, 0.5) is 5.69 Å². The summed E-state index contributed by atoms with van der Waals surface area (Å²) in [6.07, 6.45) is 6.13. The number of aliphatic hydroxyl groups is 1. The van der Waals surface area contributed by atoms with Gasteiger partial charge < -0.3 is 30.2 Å². The first kappa shape index (κ1) is 34.2. The van der Waals surface area contributed by atoms with Crippen LogP contribution in [0.3, 0.4) is 0 Å². The second-order valence-corrected chi connectivity index (χ2v) is 11.9. The number of hydrogen-bond donors (Lipinski definition) is 4. The summed E-state index contributed by atoms with van der Waals surface area (Å²) in [5.74, 6) is -1.02. The molecule has 1 aliphatic heterocycles. The monoisotopic (exact) mass is 629 g/mol. The SMILES string of the molecule is CN(C)c1ccc2c(-c3ccc(C(=O)NCCNC(=O)CCCCCCCCO)cc3C(=O)O)c3ccc(=[N+](C)C)cc-3oc2c1. The number of aromatic carboxylic acids is 1. The first-order valence-corrected chi connectivity index (χ1v) is 15.8. The lowest BCUT2D eigenvalue weighted by atomic mass is 9.89. The zero-order chi connectivity index (χ0) is 33.2. The number of nitrogens with zero attached hydrogens (tertiary/aromatic N) is 2. The molecule has 0 aromatic heterocycles. The molecule has 2 aromatic rings. The first-order valence-electron chi connectivity index (χ1n) is 15.8. The summed E-state index contributed by atoms with van der Waals surface area (Å²) < 4.78 is 8.34. The zero-order valence-corrected chi connectivity index (χ0v) is 27.2. The number of aliphatic hydroxyl groups excluding tert-OH is 1. The van der Waals surface area contributed by atoms with Crippen molar-refractivity contribution in [1.82, 2.24) is 15.2 Å². The van der Waals surface area contributed by atoms with Crippen molar-refractivity contribution in [2.24, 2.45) is 0 Å². The van der Waals surface area contributed by atoms with Crippen molar-refractivity contribution in [2.45, 2.75) is 44.9 Å². The van der Waals surface area contributed by atoms with Crippen LogP contribution in [0, 0.1) is 0 Å². The van der Waals surface area contributed by atoms with Gasteiger partial charge in [-0.05, 0) is 48.7 Å². The molecule has 10 heteroatoms. The van der Waals surface area contributed by atoms with Crippen molar-refractivity contribution in [3.8, 4) is 22.5 Å². The number of carbonyl (C=O) groups is 3. The van der Waals surface area contributed by atoms with Crippen molar-refractivity contribution in [2.75, 3.05) is 52.8 Å². The molecule has 10 nitrogen and oxygen atoms in total. The van der Waals surface area contributed by atoms with Crippen LogP contribution in [0.1, 0.15) is 65.7 Å². The molecule has 0 spiro atoms. The predicted molar refractivity (Wildman–Crippen MR) is 181 cm³/mol. The molecule has 4 N–H and O–H groups in total. The Kier molecular flexibility index (Phi) is 11.9. The van der Waals surface area contributed by atoms with Crippen LogP contribution >= 0.6 is 0 Å². The average Bonchev–Trinajstić information content (AvgIpc) is 3.04. The van der Waals surface area contributed by atoms with Crippen LogP contribution in [-0.4, -0.2) is 75.9 Å². The number of anilines is 1. The van der Waals surface area contributed by atoms with E-state index in [1.807, 2.05) is 74.1 Å². The molecule has 0 radical (unpaired) electrons. The lowest BCUT2D eigenvalue weighted by molar-refractivity contribution is -0.121. The molecule has 2 amide bonds. The highest BCUT2D eigenvalue weighted by Gasteiger charge is 2.23. The third kappa shape index (κ3) is 8.51. The van der Waals surface area contributed by atoms with Gasteiger partial charge in [-0.3, -0.25) is 9.59 Å². The fourth-order valence-electron chi connectivity index (χ4n) is 5.47. The van der Waals surface area contributed by atoms with Gasteiger partial charge in [0.1, 0.15) is 25.4 Å². The Hall–Kier alpha value is -4.70. The standard InChI is InChI=1S/C36H44N4O6/c1-39(2)25-13-16-28-31(22-25)46-32-23-26(40(3)4)14-17-29(32)34(28)27-15-12-24(21-30(27)36(44)45)35(43)38-19-18-37-33(42)11-9-7-5-6-8-10-20-41/h12-17,21-23,41H,5-11,18-20H2,1-4H3,(H2-,37,38,42,43,44,45)/p+1. The predicted octanol–water partition coefficient (Wildman–Crippen LogP) is 4.57. The molecule has 2 aromatic carbocycles. The van der Waals surface area contributed by atoms with Gasteiger partial charge in [-0.15, -0.1) is 0 Å². The lowest BCUT2D eigenvalue weighted by Gasteiger charge is -2.19. The number of hydrogen-bond acceptors (Lipinski definition) is 6. The molecule has 1 heterocycles. The molecule has 4 rings (SSSR count). The van der Waals surface area contributed by atoms with Gasteiger partial charge >= 0.3 is 5.97 Å². The van der Waals surface area contributed by atoms with E-state index in [0.29, 0.717) is 28.9 Å². The van der Waals surface area contributed by atoms with Crippen molar-refractivity contribution >= 4 is 34.4 Å². The number of carboxylic acids is 1. The van der Waals surface area contributed by atoms with Crippen LogP contribution in [0.15, 0.2) is 59.0 Å². The summed E-state index contributed by atoms with van der Waals surface area (Å²) in [4.78, 5) is 39.7. The Balaban J connectivity index is 1.53. The van der Waals surface area contributed by atoms with Gasteiger partial charge in [0, 0.05) is 80.1 Å². The lowest BCUT2D eigenvalue weighted by Crippen LogP contribution is -2.34. The normalized spacial score (nSPS) is 11.1. The Morgan fingerprint density at radius 2 is 1.52 bits per heavy atom. The van der Waals surface area contributed by atoms with E-state index in [2.05, 4.69) is 10.6 Å². The zero-order valence-electron chi connectivity index (χ0n) is 27.2. The minimum Gasteiger partial charge on any atom is -0.478 e. The maximum Gasteiger partial charge on any atom is 0.336 e. The minimum atomic E-state index is -1.15. The van der Waals surface area contributed by atoms with E-state index >= 15 is 0 Å². The highest BCUT2D eigenvalue weighted by molar-refractivity contribution is 6.09. The molecule has 0 saturated heterocycles. The van der Waals surface area contributed by atoms with Crippen LogP contribution in [-0.2, 0) is 4.79 Å². The van der Waals surface area contributed by atoms with E-state index in [-0.39, 0.29) is 36.7 Å². The van der Waals surface area contributed by atoms with E-state index in [0.717, 1.165) is 60.5 Å². The summed E-state index contributed by atoms with van der Waals surface area (Å²) in [6, 6.07) is 16.4. The van der Waals surface area contributed by atoms with Crippen LogP contribution in [0.25, 0.3) is 33.4 Å². The Morgan fingerprint density at radius 1 is 0.826 bits per heavy atom. The fraction of sp³-hybridized carbons (Fsp3) is 0.389. The van der Waals surface area contributed by atoms with Crippen molar-refractivity contribution in [3.05, 3.63) is 71.1 Å². The van der Waals surface area contributed by atoms with Gasteiger partial charge in [0.05, 0.1) is 11.6 Å². The number of amides is 2. The summed E-state index contributed by atoms with van der Waals surface area (Å²) in [6.45, 7) is 0.717. The molecule has 0 saturated carbocycles. The summed E-state index contributed by atoms with van der Waals surface area (Å²) in [7, 11) is 7.77. The summed E-state index contributed by atoms with van der Waals surface area (Å²) >= 11 is 0. The van der Waals surface area contributed by atoms with Crippen molar-refractivity contribution in [3.63, 3.8) is 0 Å². The molecule has 0 bridgehead atoms. The molecule has 0 fully saturated rings. The van der Waals surface area contributed by atoms with Gasteiger partial charge in [-0.2, -0.15) is 0 Å². The number of carboxylic acid groups (broad SMARTS) is 1. The van der Waals surface area contributed by atoms with Crippen LogP contribution < -0.4 is 25.5 Å². The van der Waals surface area contributed by atoms with Gasteiger partial charge in [0.2, 0.25) is 11.3 Å². The van der Waals surface area contributed by atoms with Crippen molar-refractivity contribution < 1.29 is 29.0 Å². The van der Waals surface area contributed by atoms with Gasteiger partial charge in [-0.25, -0.2) is 9.37 Å². The van der Waals surface area contributed by atoms with Crippen molar-refractivity contribution in [1.29, 1.82) is 0 Å². The highest BCUT2D eigenvalue weighted by Crippen LogP contribution is 2.42. The average molecular weight is 630 g/mol. The highest BCUT2D eigenvalue weighted by atomic mass is 16.4. The maximum atomic E-state index is 13.0. The van der Waals surface area contributed by atoms with E-state index in [1.165, 1.54) is 6.07 Å². The maximum absolute atomic E-state index is 13.0. The Morgan fingerprint density at radius 3 is 2.22 bits per heavy atom. The largest absolute Gasteiger partial charge is 0.478 e. The molecule has 46 heavy (non-hydrogen) atoms. The molecular weight excluding hydrogens is 584 g/mol. The number of carbonyl (C=O) groups excluding carboxylic acids is 2. The molecule has 0 unspecified atom stereocenters. The van der Waals surface area contributed by atoms with E-state index < -0.39 is 11.9 Å². The van der Waals surface area contributed by atoms with E-state index in [4.69, 9.17) is 9.52 Å².